The molecule has 1 unspecified atom stereocenters. The molecule has 98 valence electrons. The highest BCUT2D eigenvalue weighted by Crippen LogP contribution is 2.25. The van der Waals surface area contributed by atoms with Gasteiger partial charge in [0, 0.05) is 12.2 Å². The zero-order valence-corrected chi connectivity index (χ0v) is 10.6. The van der Waals surface area contributed by atoms with Crippen LogP contribution in [0, 0.1) is 0 Å². The third-order valence-corrected chi connectivity index (χ3v) is 3.32. The van der Waals surface area contributed by atoms with E-state index in [-0.39, 0.29) is 12.5 Å². The highest BCUT2D eigenvalue weighted by molar-refractivity contribution is 5.69. The van der Waals surface area contributed by atoms with E-state index in [2.05, 4.69) is 24.0 Å². The van der Waals surface area contributed by atoms with E-state index in [4.69, 9.17) is 9.84 Å². The summed E-state index contributed by atoms with van der Waals surface area (Å²) in [5.41, 5.74) is 2.41. The molecule has 0 bridgehead atoms. The van der Waals surface area contributed by atoms with Crippen molar-refractivity contribution < 1.29 is 14.6 Å². The van der Waals surface area contributed by atoms with Crippen molar-refractivity contribution in [1.29, 1.82) is 0 Å². The van der Waals surface area contributed by atoms with E-state index in [0.29, 0.717) is 13.2 Å². The lowest BCUT2D eigenvalue weighted by Gasteiger charge is -2.37. The first-order valence-corrected chi connectivity index (χ1v) is 6.36. The van der Waals surface area contributed by atoms with Crippen LogP contribution in [-0.2, 0) is 16.0 Å². The van der Waals surface area contributed by atoms with Crippen LogP contribution in [0.1, 0.15) is 18.9 Å². The predicted octanol–water partition coefficient (Wildman–Crippen LogP) is 1.93. The number of para-hydroxylation sites is 1. The molecular formula is C14H19NO3. The maximum absolute atomic E-state index is 10.9. The summed E-state index contributed by atoms with van der Waals surface area (Å²) in [5, 5.41) is 8.97. The summed E-state index contributed by atoms with van der Waals surface area (Å²) >= 11 is 0. The molecule has 1 aliphatic rings. The largest absolute Gasteiger partial charge is 0.481 e. The molecule has 1 aromatic rings. The predicted molar refractivity (Wildman–Crippen MR) is 70.0 cm³/mol. The van der Waals surface area contributed by atoms with Crippen LogP contribution in [0.25, 0.3) is 0 Å². The van der Waals surface area contributed by atoms with E-state index >= 15 is 0 Å². The molecule has 0 aliphatic carbocycles. The molecule has 18 heavy (non-hydrogen) atoms. The maximum atomic E-state index is 10.9. The lowest BCUT2D eigenvalue weighted by atomic mass is 10.1. The van der Waals surface area contributed by atoms with Crippen LogP contribution in [0.4, 0.5) is 5.69 Å². The summed E-state index contributed by atoms with van der Waals surface area (Å²) in [6.45, 7) is 4.03. The number of benzene rings is 1. The first-order chi connectivity index (χ1) is 8.72. The zero-order chi connectivity index (χ0) is 13.0. The average Bonchev–Trinajstić information content (AvgIpc) is 2.39. The van der Waals surface area contributed by atoms with Crippen molar-refractivity contribution in [3.63, 3.8) is 0 Å². The zero-order valence-electron chi connectivity index (χ0n) is 10.6. The first kappa shape index (κ1) is 12.9. The smallest absolute Gasteiger partial charge is 0.305 e. The van der Waals surface area contributed by atoms with Gasteiger partial charge in [-0.15, -0.1) is 0 Å². The Morgan fingerprint density at radius 2 is 2.28 bits per heavy atom. The van der Waals surface area contributed by atoms with E-state index in [0.717, 1.165) is 18.7 Å². The number of aliphatic carboxylic acids is 1. The molecule has 1 aliphatic heterocycles. The van der Waals surface area contributed by atoms with Crippen molar-refractivity contribution in [1.82, 2.24) is 0 Å². The molecule has 1 heterocycles. The van der Waals surface area contributed by atoms with Gasteiger partial charge in [0.05, 0.1) is 25.7 Å². The van der Waals surface area contributed by atoms with Gasteiger partial charge >= 0.3 is 5.97 Å². The monoisotopic (exact) mass is 249 g/mol. The minimum atomic E-state index is -0.774. The van der Waals surface area contributed by atoms with Crippen LogP contribution in [0.3, 0.4) is 0 Å². The van der Waals surface area contributed by atoms with Gasteiger partial charge in [-0.3, -0.25) is 4.79 Å². The molecule has 0 radical (unpaired) electrons. The summed E-state index contributed by atoms with van der Waals surface area (Å²) < 4.78 is 5.40. The Kier molecular flexibility index (Phi) is 4.20. The Balaban J connectivity index is 2.24. The number of carbonyl (C=O) groups is 1. The van der Waals surface area contributed by atoms with E-state index < -0.39 is 5.97 Å². The fraction of sp³-hybridized carbons (Fsp3) is 0.500. The Morgan fingerprint density at radius 3 is 3.00 bits per heavy atom. The number of ether oxygens (including phenoxy) is 1. The fourth-order valence-corrected chi connectivity index (χ4v) is 2.43. The second-order valence-corrected chi connectivity index (χ2v) is 4.50. The molecular weight excluding hydrogens is 230 g/mol. The Labute approximate surface area is 107 Å². The summed E-state index contributed by atoms with van der Waals surface area (Å²) in [7, 11) is 0. The molecule has 0 aromatic heterocycles. The second-order valence-electron chi connectivity index (χ2n) is 4.50. The topological polar surface area (TPSA) is 49.8 Å². The molecule has 1 atom stereocenters. The lowest BCUT2D eigenvalue weighted by Crippen LogP contribution is -2.47. The third kappa shape index (κ3) is 2.82. The number of carboxylic acids is 1. The van der Waals surface area contributed by atoms with E-state index in [9.17, 15) is 4.79 Å². The van der Waals surface area contributed by atoms with Gasteiger partial charge in [0.15, 0.2) is 0 Å². The van der Waals surface area contributed by atoms with Gasteiger partial charge in [0.2, 0.25) is 0 Å². The van der Waals surface area contributed by atoms with Gasteiger partial charge in [-0.2, -0.15) is 0 Å². The highest BCUT2D eigenvalue weighted by Gasteiger charge is 2.26. The van der Waals surface area contributed by atoms with Crippen molar-refractivity contribution in [3.8, 4) is 0 Å². The van der Waals surface area contributed by atoms with E-state index in [1.54, 1.807) is 0 Å². The van der Waals surface area contributed by atoms with E-state index in [1.807, 2.05) is 12.1 Å². The molecule has 2 rings (SSSR count). The van der Waals surface area contributed by atoms with Crippen molar-refractivity contribution in [2.75, 3.05) is 24.7 Å². The van der Waals surface area contributed by atoms with Crippen LogP contribution in [0.2, 0.25) is 0 Å². The van der Waals surface area contributed by atoms with Gasteiger partial charge in [-0.05, 0) is 18.1 Å². The molecule has 1 N–H and O–H groups in total. The molecule has 0 amide bonds. The molecule has 4 nitrogen and oxygen atoms in total. The summed E-state index contributed by atoms with van der Waals surface area (Å²) in [4.78, 5) is 13.1. The number of hydrogen-bond donors (Lipinski definition) is 1. The quantitative estimate of drug-likeness (QED) is 0.885. The minimum Gasteiger partial charge on any atom is -0.481 e. The van der Waals surface area contributed by atoms with Crippen molar-refractivity contribution >= 4 is 11.7 Å². The number of hydrogen-bond acceptors (Lipinski definition) is 3. The Morgan fingerprint density at radius 1 is 1.50 bits per heavy atom. The lowest BCUT2D eigenvalue weighted by molar-refractivity contribution is -0.138. The van der Waals surface area contributed by atoms with Gasteiger partial charge < -0.3 is 14.7 Å². The standard InChI is InChI=1S/C14H19NO3/c1-2-11-5-3-4-6-13(11)15-7-8-18-10-12(15)9-14(16)17/h3-6,12H,2,7-10H2,1H3,(H,16,17). The number of anilines is 1. The SMILES string of the molecule is CCc1ccccc1N1CCOCC1CC(=O)O. The van der Waals surface area contributed by atoms with Gasteiger partial charge in [0.1, 0.15) is 0 Å². The average molecular weight is 249 g/mol. The van der Waals surface area contributed by atoms with Gasteiger partial charge in [-0.25, -0.2) is 0 Å². The van der Waals surface area contributed by atoms with Crippen molar-refractivity contribution in [3.05, 3.63) is 29.8 Å². The summed E-state index contributed by atoms with van der Waals surface area (Å²) in [5.74, 6) is -0.774. The number of aryl methyl sites for hydroxylation is 1. The van der Waals surface area contributed by atoms with Crippen LogP contribution in [0.5, 0.6) is 0 Å². The Hall–Kier alpha value is -1.55. The summed E-state index contributed by atoms with van der Waals surface area (Å²) in [6.07, 6.45) is 1.07. The van der Waals surface area contributed by atoms with Gasteiger partial charge in [-0.1, -0.05) is 25.1 Å². The van der Waals surface area contributed by atoms with Crippen molar-refractivity contribution in [2.45, 2.75) is 25.8 Å². The minimum absolute atomic E-state index is 0.0658. The highest BCUT2D eigenvalue weighted by atomic mass is 16.5. The number of morpholine rings is 1. The van der Waals surface area contributed by atoms with E-state index in [1.165, 1.54) is 5.56 Å². The molecule has 1 saturated heterocycles. The van der Waals surface area contributed by atoms with Crippen LogP contribution in [0.15, 0.2) is 24.3 Å². The maximum Gasteiger partial charge on any atom is 0.305 e. The molecule has 0 spiro atoms. The molecule has 0 saturated carbocycles. The van der Waals surface area contributed by atoms with Crippen molar-refractivity contribution in [2.24, 2.45) is 0 Å². The molecule has 4 heteroatoms. The third-order valence-electron chi connectivity index (χ3n) is 3.32. The second kappa shape index (κ2) is 5.87. The summed E-state index contributed by atoms with van der Waals surface area (Å²) in [6, 6.07) is 8.13. The number of rotatable bonds is 4. The normalized spacial score (nSPS) is 19.8. The fourth-order valence-electron chi connectivity index (χ4n) is 2.43. The first-order valence-electron chi connectivity index (χ1n) is 6.36. The Bertz CT molecular complexity index is 419. The molecule has 1 fully saturated rings. The van der Waals surface area contributed by atoms with Gasteiger partial charge in [0.25, 0.3) is 0 Å². The van der Waals surface area contributed by atoms with Crippen LogP contribution >= 0.6 is 0 Å². The van der Waals surface area contributed by atoms with Crippen LogP contribution < -0.4 is 4.90 Å². The molecule has 1 aromatic carbocycles. The van der Waals surface area contributed by atoms with Crippen LogP contribution in [-0.4, -0.2) is 36.9 Å². The number of nitrogens with zero attached hydrogens (tertiary/aromatic N) is 1. The number of carboxylic acid groups (broad SMARTS) is 1.